The molecule has 41 heavy (non-hydrogen) atoms. The molecule has 0 saturated carbocycles. The molecule has 0 aliphatic carbocycles. The van der Waals surface area contributed by atoms with Crippen LogP contribution in [0.1, 0.15) is 53.7 Å². The molecule has 0 aliphatic rings. The van der Waals surface area contributed by atoms with E-state index in [4.69, 9.17) is 17.8 Å². The molecule has 5 aromatic carbocycles. The quantitative estimate of drug-likeness (QED) is 0.127. The van der Waals surface area contributed by atoms with E-state index < -0.39 is 0 Å². The highest BCUT2D eigenvalue weighted by molar-refractivity contribution is 6.10. The molecule has 0 amide bonds. The van der Waals surface area contributed by atoms with Crippen molar-refractivity contribution in [3.63, 3.8) is 0 Å². The minimum atomic E-state index is -0.0739. The molecule has 5 aromatic rings. The fourth-order valence-electron chi connectivity index (χ4n) is 4.98. The molecule has 0 heterocycles. The van der Waals surface area contributed by atoms with E-state index in [9.17, 15) is 0 Å². The van der Waals surface area contributed by atoms with Gasteiger partial charge in [-0.1, -0.05) is 115 Å². The van der Waals surface area contributed by atoms with E-state index in [1.165, 1.54) is 5.56 Å². The van der Waals surface area contributed by atoms with Gasteiger partial charge in [-0.3, -0.25) is 4.99 Å². The van der Waals surface area contributed by atoms with Gasteiger partial charge in [-0.25, -0.2) is 0 Å². The van der Waals surface area contributed by atoms with E-state index >= 15 is 0 Å². The third-order valence-corrected chi connectivity index (χ3v) is 7.28. The maximum atomic E-state index is 5.67. The predicted molar refractivity (Wildman–Crippen MR) is 173 cm³/mol. The Labute approximate surface area is 243 Å². The van der Waals surface area contributed by atoms with Crippen molar-refractivity contribution in [3.8, 4) is 46.9 Å². The number of amidine groups is 1. The van der Waals surface area contributed by atoms with Gasteiger partial charge in [-0.15, -0.1) is 12.8 Å². The largest absolute Gasteiger partial charge is 0.363 e. The Morgan fingerprint density at radius 1 is 0.585 bits per heavy atom. The molecule has 0 aliphatic heterocycles. The molecular formula is C39H32N2. The van der Waals surface area contributed by atoms with Crippen LogP contribution in [0.15, 0.2) is 132 Å². The molecule has 2 nitrogen and oxygen atoms in total. The van der Waals surface area contributed by atoms with Gasteiger partial charge in [0.2, 0.25) is 0 Å². The van der Waals surface area contributed by atoms with E-state index in [-0.39, 0.29) is 12.1 Å². The maximum absolute atomic E-state index is 5.67. The molecule has 198 valence electrons. The average Bonchev–Trinajstić information content (AvgIpc) is 3.05. The number of aliphatic imine (C=N–C) groups is 1. The lowest BCUT2D eigenvalue weighted by atomic mass is 9.90. The number of hydrogen-bond donors (Lipinski definition) is 1. The third-order valence-electron chi connectivity index (χ3n) is 7.28. The monoisotopic (exact) mass is 528 g/mol. The fourth-order valence-corrected chi connectivity index (χ4v) is 4.98. The van der Waals surface area contributed by atoms with Crippen LogP contribution in [-0.2, 0) is 0 Å². The van der Waals surface area contributed by atoms with E-state index in [0.717, 1.165) is 50.3 Å². The van der Waals surface area contributed by atoms with Crippen LogP contribution in [0.5, 0.6) is 0 Å². The van der Waals surface area contributed by atoms with Gasteiger partial charge in [0, 0.05) is 22.7 Å². The SMILES string of the molecule is C#Cc1ccc(-c2cccc(-c3ccc(C#C)cc3)c2C(=N[C@H](C)c2ccccc2)NC(C)c2ccccc2)cc1. The number of terminal acetylenes is 2. The Balaban J connectivity index is 1.74. The molecule has 2 heteroatoms. The van der Waals surface area contributed by atoms with Crippen LogP contribution in [0.3, 0.4) is 0 Å². The molecule has 0 aromatic heterocycles. The summed E-state index contributed by atoms with van der Waals surface area (Å²) in [7, 11) is 0. The second-order valence-electron chi connectivity index (χ2n) is 10.0. The second kappa shape index (κ2) is 12.7. The van der Waals surface area contributed by atoms with Crippen LogP contribution >= 0.6 is 0 Å². The lowest BCUT2D eigenvalue weighted by Gasteiger charge is -2.24. The van der Waals surface area contributed by atoms with Crippen molar-refractivity contribution in [1.29, 1.82) is 0 Å². The van der Waals surface area contributed by atoms with Crippen molar-refractivity contribution in [2.75, 3.05) is 0 Å². The summed E-state index contributed by atoms with van der Waals surface area (Å²) in [5, 5.41) is 3.80. The molecule has 0 fully saturated rings. The molecule has 5 rings (SSSR count). The van der Waals surface area contributed by atoms with E-state index in [0.29, 0.717) is 0 Å². The van der Waals surface area contributed by atoms with Gasteiger partial charge in [0.25, 0.3) is 0 Å². The number of nitrogens with zero attached hydrogens (tertiary/aromatic N) is 1. The van der Waals surface area contributed by atoms with E-state index in [2.05, 4.69) is 122 Å². The predicted octanol–water partition coefficient (Wildman–Crippen LogP) is 8.84. The molecule has 0 spiro atoms. The zero-order valence-electron chi connectivity index (χ0n) is 23.4. The smallest absolute Gasteiger partial charge is 0.130 e. The minimum absolute atomic E-state index is 0.0199. The average molecular weight is 529 g/mol. The van der Waals surface area contributed by atoms with Gasteiger partial charge in [0.05, 0.1) is 6.04 Å². The van der Waals surface area contributed by atoms with Gasteiger partial charge in [0.1, 0.15) is 5.84 Å². The van der Waals surface area contributed by atoms with Crippen molar-refractivity contribution in [3.05, 3.63) is 155 Å². The standard InChI is InChI=1S/C39H32N2/c1-5-30-20-24-34(25-21-30)36-18-13-19-37(35-26-22-31(6-2)23-27-35)38(36)39(40-28(3)32-14-9-7-10-15-32)41-29(4)33-16-11-8-12-17-33/h1-2,7-29H,3-4H3,(H,40,41)/t28-,29?/m1/s1. The highest BCUT2D eigenvalue weighted by Gasteiger charge is 2.21. The van der Waals surface area contributed by atoms with Gasteiger partial charge < -0.3 is 5.32 Å². The summed E-state index contributed by atoms with van der Waals surface area (Å²) in [6.45, 7) is 4.31. The van der Waals surface area contributed by atoms with Crippen molar-refractivity contribution in [2.45, 2.75) is 25.9 Å². The zero-order chi connectivity index (χ0) is 28.6. The fraction of sp³-hybridized carbons (Fsp3) is 0.103. The first-order chi connectivity index (χ1) is 20.1. The molecule has 1 N–H and O–H groups in total. The summed E-state index contributed by atoms with van der Waals surface area (Å²) in [6.07, 6.45) is 11.3. The van der Waals surface area contributed by atoms with Crippen LogP contribution in [0.2, 0.25) is 0 Å². The Kier molecular flexibility index (Phi) is 8.44. The van der Waals surface area contributed by atoms with Crippen LogP contribution in [0.4, 0.5) is 0 Å². The van der Waals surface area contributed by atoms with Crippen molar-refractivity contribution in [2.24, 2.45) is 4.99 Å². The lowest BCUT2D eigenvalue weighted by Crippen LogP contribution is -2.29. The van der Waals surface area contributed by atoms with Crippen molar-refractivity contribution >= 4 is 5.84 Å². The van der Waals surface area contributed by atoms with Crippen LogP contribution in [0.25, 0.3) is 22.3 Å². The van der Waals surface area contributed by atoms with Gasteiger partial charge in [-0.05, 0) is 71.5 Å². The Hall–Kier alpha value is -5.31. The van der Waals surface area contributed by atoms with Crippen LogP contribution < -0.4 is 5.32 Å². The van der Waals surface area contributed by atoms with Crippen molar-refractivity contribution in [1.82, 2.24) is 5.32 Å². The topological polar surface area (TPSA) is 24.4 Å². The van der Waals surface area contributed by atoms with Crippen LogP contribution in [0, 0.1) is 24.7 Å². The number of benzene rings is 5. The normalized spacial score (nSPS) is 12.5. The zero-order valence-corrected chi connectivity index (χ0v) is 23.4. The number of nitrogens with one attached hydrogen (secondary N) is 1. The molecule has 0 bridgehead atoms. The summed E-state index contributed by atoms with van der Waals surface area (Å²) >= 11 is 0. The molecule has 0 saturated heterocycles. The first kappa shape index (κ1) is 27.3. The van der Waals surface area contributed by atoms with Gasteiger partial charge in [0.15, 0.2) is 0 Å². The summed E-state index contributed by atoms with van der Waals surface area (Å²) in [6, 6.07) is 43.4. The summed E-state index contributed by atoms with van der Waals surface area (Å²) in [4.78, 5) is 5.36. The van der Waals surface area contributed by atoms with E-state index in [1.807, 2.05) is 36.4 Å². The Morgan fingerprint density at radius 2 is 1.05 bits per heavy atom. The highest BCUT2D eigenvalue weighted by atomic mass is 15.0. The Bertz CT molecular complexity index is 1640. The molecule has 0 radical (unpaired) electrons. The van der Waals surface area contributed by atoms with E-state index in [1.54, 1.807) is 0 Å². The molecule has 2 atom stereocenters. The minimum Gasteiger partial charge on any atom is -0.363 e. The Morgan fingerprint density at radius 3 is 1.51 bits per heavy atom. The van der Waals surface area contributed by atoms with Gasteiger partial charge >= 0.3 is 0 Å². The second-order valence-corrected chi connectivity index (χ2v) is 10.0. The highest BCUT2D eigenvalue weighted by Crippen LogP contribution is 2.35. The first-order valence-corrected chi connectivity index (χ1v) is 13.8. The van der Waals surface area contributed by atoms with Gasteiger partial charge in [-0.2, -0.15) is 0 Å². The van der Waals surface area contributed by atoms with Crippen molar-refractivity contribution < 1.29 is 0 Å². The number of rotatable bonds is 7. The molecule has 1 unspecified atom stereocenters. The summed E-state index contributed by atoms with van der Waals surface area (Å²) in [5.74, 6) is 6.28. The van der Waals surface area contributed by atoms with Crippen LogP contribution in [-0.4, -0.2) is 5.84 Å². The lowest BCUT2D eigenvalue weighted by molar-refractivity contribution is 0.703. The molecular weight excluding hydrogens is 496 g/mol. The summed E-state index contributed by atoms with van der Waals surface area (Å²) in [5.41, 5.74) is 9.32. The number of hydrogen-bond acceptors (Lipinski definition) is 1. The third kappa shape index (κ3) is 6.30. The summed E-state index contributed by atoms with van der Waals surface area (Å²) < 4.78 is 0. The maximum Gasteiger partial charge on any atom is 0.130 e. The first-order valence-electron chi connectivity index (χ1n) is 13.8.